The first-order valence-electron chi connectivity index (χ1n) is 9.54. The maximum absolute atomic E-state index is 4.96. The normalized spacial score (nSPS) is 12.5. The number of rotatable bonds is 6. The number of nitrogens with zero attached hydrogens (tertiary/aromatic N) is 1. The summed E-state index contributed by atoms with van der Waals surface area (Å²) >= 11 is 0. The summed E-state index contributed by atoms with van der Waals surface area (Å²) in [5, 5.41) is 1.30. The molecule has 25 heavy (non-hydrogen) atoms. The molecule has 2 aromatic carbocycles. The molecule has 0 radical (unpaired) electrons. The molecule has 130 valence electrons. The first-order chi connectivity index (χ1) is 12.1. The van der Waals surface area contributed by atoms with Crippen LogP contribution in [0.5, 0.6) is 0 Å². The van der Waals surface area contributed by atoms with Crippen molar-refractivity contribution in [2.24, 2.45) is 5.92 Å². The summed E-state index contributed by atoms with van der Waals surface area (Å²) in [6, 6.07) is 17.6. The average Bonchev–Trinajstić information content (AvgIpc) is 2.59. The van der Waals surface area contributed by atoms with Gasteiger partial charge in [0, 0.05) is 10.9 Å². The number of aryl methyl sites for hydroxylation is 2. The number of fused-ring (bicyclic) bond motifs is 1. The van der Waals surface area contributed by atoms with E-state index in [2.05, 4.69) is 76.2 Å². The van der Waals surface area contributed by atoms with Gasteiger partial charge < -0.3 is 0 Å². The van der Waals surface area contributed by atoms with Gasteiger partial charge in [0.15, 0.2) is 0 Å². The monoisotopic (exact) mass is 331 g/mol. The minimum absolute atomic E-state index is 0.727. The molecule has 0 aliphatic heterocycles. The Labute approximate surface area is 152 Å². The lowest BCUT2D eigenvalue weighted by molar-refractivity contribution is 0.505. The highest BCUT2D eigenvalue weighted by Crippen LogP contribution is 2.26. The van der Waals surface area contributed by atoms with Gasteiger partial charge in [-0.3, -0.25) is 0 Å². The smallest absolute Gasteiger partial charge is 0.0712 e. The zero-order valence-electron chi connectivity index (χ0n) is 16.0. The van der Waals surface area contributed by atoms with E-state index in [4.69, 9.17) is 4.98 Å². The molecule has 3 rings (SSSR count). The maximum Gasteiger partial charge on any atom is 0.0712 e. The Hall–Kier alpha value is -2.15. The molecule has 0 spiro atoms. The van der Waals surface area contributed by atoms with Crippen molar-refractivity contribution >= 4 is 10.9 Å². The second-order valence-corrected chi connectivity index (χ2v) is 7.51. The van der Waals surface area contributed by atoms with Gasteiger partial charge in [0.05, 0.1) is 11.2 Å². The lowest BCUT2D eigenvalue weighted by Crippen LogP contribution is -2.01. The molecular formula is C24H29N. The van der Waals surface area contributed by atoms with E-state index >= 15 is 0 Å². The van der Waals surface area contributed by atoms with Crippen LogP contribution in [0.15, 0.2) is 48.5 Å². The molecular weight excluding hydrogens is 302 g/mol. The molecule has 0 bridgehead atoms. The van der Waals surface area contributed by atoms with Gasteiger partial charge in [0.2, 0.25) is 0 Å². The van der Waals surface area contributed by atoms with Crippen molar-refractivity contribution in [1.29, 1.82) is 0 Å². The average molecular weight is 332 g/mol. The number of unbranched alkanes of at least 4 members (excludes halogenated alkanes) is 1. The van der Waals surface area contributed by atoms with Crippen LogP contribution >= 0.6 is 0 Å². The van der Waals surface area contributed by atoms with Gasteiger partial charge in [-0.15, -0.1) is 0 Å². The fraction of sp³-hybridized carbons (Fsp3) is 0.375. The third kappa shape index (κ3) is 4.28. The van der Waals surface area contributed by atoms with E-state index in [1.807, 2.05) is 0 Å². The number of aromatic nitrogens is 1. The van der Waals surface area contributed by atoms with E-state index in [1.54, 1.807) is 0 Å². The molecule has 1 heteroatoms. The van der Waals surface area contributed by atoms with Crippen LogP contribution in [0.25, 0.3) is 22.2 Å². The van der Waals surface area contributed by atoms with E-state index in [-0.39, 0.29) is 0 Å². The van der Waals surface area contributed by atoms with Crippen LogP contribution in [0.4, 0.5) is 0 Å². The van der Waals surface area contributed by atoms with E-state index in [0.29, 0.717) is 0 Å². The van der Waals surface area contributed by atoms with Crippen LogP contribution in [0.2, 0.25) is 0 Å². The number of pyridine rings is 1. The van der Waals surface area contributed by atoms with Crippen molar-refractivity contribution in [2.45, 2.75) is 53.4 Å². The summed E-state index contributed by atoms with van der Waals surface area (Å²) in [7, 11) is 0. The van der Waals surface area contributed by atoms with Crippen molar-refractivity contribution in [3.8, 4) is 11.3 Å². The molecule has 0 N–H and O–H groups in total. The van der Waals surface area contributed by atoms with E-state index in [1.165, 1.54) is 46.9 Å². The predicted octanol–water partition coefficient (Wildman–Crippen LogP) is 6.89. The zero-order valence-corrected chi connectivity index (χ0v) is 16.0. The number of benzene rings is 2. The molecule has 1 heterocycles. The zero-order chi connectivity index (χ0) is 17.8. The summed E-state index contributed by atoms with van der Waals surface area (Å²) in [4.78, 5) is 4.96. The minimum atomic E-state index is 0.727. The lowest BCUT2D eigenvalue weighted by Gasteiger charge is -2.13. The Morgan fingerprint density at radius 1 is 0.960 bits per heavy atom. The first kappa shape index (κ1) is 17.7. The van der Waals surface area contributed by atoms with Crippen molar-refractivity contribution in [1.82, 2.24) is 4.98 Å². The Balaban J connectivity index is 1.94. The lowest BCUT2D eigenvalue weighted by atomic mass is 9.93. The predicted molar refractivity (Wildman–Crippen MR) is 109 cm³/mol. The highest BCUT2D eigenvalue weighted by molar-refractivity contribution is 5.84. The molecule has 3 aromatic rings. The third-order valence-electron chi connectivity index (χ3n) is 4.96. The second kappa shape index (κ2) is 7.82. The van der Waals surface area contributed by atoms with E-state index < -0.39 is 0 Å². The topological polar surface area (TPSA) is 12.9 Å². The van der Waals surface area contributed by atoms with Gasteiger partial charge in [0.25, 0.3) is 0 Å². The first-order valence-corrected chi connectivity index (χ1v) is 9.54. The van der Waals surface area contributed by atoms with Crippen LogP contribution < -0.4 is 0 Å². The standard InChI is InChI=1S/C24H29N/c1-5-6-8-17(2)14-20-9-7-10-24-22(20)11-12-23(25-24)21-15-18(3)13-19(4)16-21/h7,9-13,15-17H,5-6,8,14H2,1-4H3. The summed E-state index contributed by atoms with van der Waals surface area (Å²) in [5.41, 5.74) is 7.39. The fourth-order valence-electron chi connectivity index (χ4n) is 3.71. The minimum Gasteiger partial charge on any atom is -0.248 e. The summed E-state index contributed by atoms with van der Waals surface area (Å²) in [6.07, 6.45) is 5.05. The van der Waals surface area contributed by atoms with Crippen LogP contribution in [0.1, 0.15) is 49.8 Å². The number of hydrogen-bond donors (Lipinski definition) is 0. The molecule has 1 aromatic heterocycles. The van der Waals surface area contributed by atoms with E-state index in [0.717, 1.165) is 23.5 Å². The Morgan fingerprint density at radius 2 is 1.72 bits per heavy atom. The Morgan fingerprint density at radius 3 is 2.44 bits per heavy atom. The highest BCUT2D eigenvalue weighted by atomic mass is 14.7. The van der Waals surface area contributed by atoms with Gasteiger partial charge in [-0.05, 0) is 56.0 Å². The molecule has 0 amide bonds. The van der Waals surface area contributed by atoms with Gasteiger partial charge >= 0.3 is 0 Å². The number of hydrogen-bond acceptors (Lipinski definition) is 1. The molecule has 0 aliphatic rings. The summed E-state index contributed by atoms with van der Waals surface area (Å²) in [6.45, 7) is 8.93. The van der Waals surface area contributed by atoms with Crippen molar-refractivity contribution in [3.63, 3.8) is 0 Å². The van der Waals surface area contributed by atoms with Crippen molar-refractivity contribution in [2.75, 3.05) is 0 Å². The second-order valence-electron chi connectivity index (χ2n) is 7.51. The van der Waals surface area contributed by atoms with Gasteiger partial charge in [0.1, 0.15) is 0 Å². The third-order valence-corrected chi connectivity index (χ3v) is 4.96. The largest absolute Gasteiger partial charge is 0.248 e. The quantitative estimate of drug-likeness (QED) is 0.479. The SMILES string of the molecule is CCCCC(C)Cc1cccc2nc(-c3cc(C)cc(C)c3)ccc12. The molecule has 0 saturated heterocycles. The highest BCUT2D eigenvalue weighted by Gasteiger charge is 2.09. The molecule has 0 fully saturated rings. The summed E-state index contributed by atoms with van der Waals surface area (Å²) in [5.74, 6) is 0.727. The van der Waals surface area contributed by atoms with Crippen LogP contribution in [-0.2, 0) is 6.42 Å². The van der Waals surface area contributed by atoms with Gasteiger partial charge in [-0.1, -0.05) is 68.5 Å². The molecule has 1 atom stereocenters. The van der Waals surface area contributed by atoms with Crippen molar-refractivity contribution in [3.05, 3.63) is 65.2 Å². The fourth-order valence-corrected chi connectivity index (χ4v) is 3.71. The van der Waals surface area contributed by atoms with Crippen LogP contribution in [0, 0.1) is 19.8 Å². The van der Waals surface area contributed by atoms with Crippen molar-refractivity contribution < 1.29 is 0 Å². The molecule has 0 saturated carbocycles. The molecule has 1 unspecified atom stereocenters. The van der Waals surface area contributed by atoms with Gasteiger partial charge in [-0.25, -0.2) is 4.98 Å². The van der Waals surface area contributed by atoms with Crippen LogP contribution in [-0.4, -0.2) is 4.98 Å². The van der Waals surface area contributed by atoms with E-state index in [9.17, 15) is 0 Å². The Bertz CT molecular complexity index is 843. The summed E-state index contributed by atoms with van der Waals surface area (Å²) < 4.78 is 0. The molecule has 1 nitrogen and oxygen atoms in total. The maximum atomic E-state index is 4.96. The van der Waals surface area contributed by atoms with Crippen LogP contribution in [0.3, 0.4) is 0 Å². The van der Waals surface area contributed by atoms with Gasteiger partial charge in [-0.2, -0.15) is 0 Å². The Kier molecular flexibility index (Phi) is 5.53. The molecule has 0 aliphatic carbocycles.